The molecule has 0 aliphatic carbocycles. The molecule has 1 aromatic carbocycles. The van der Waals surface area contributed by atoms with E-state index >= 15 is 0 Å². The average molecular weight is 331 g/mol. The van der Waals surface area contributed by atoms with Crippen LogP contribution in [0.1, 0.15) is 52.7 Å². The number of halogens is 2. The minimum atomic E-state index is -3.40. The first kappa shape index (κ1) is 18.9. The lowest BCUT2D eigenvalue weighted by Gasteiger charge is -2.29. The first-order valence-corrected chi connectivity index (χ1v) is 8.06. The zero-order valence-electron chi connectivity index (χ0n) is 13.8. The Hall–Kier alpha value is -1.14. The Morgan fingerprint density at radius 3 is 2.18 bits per heavy atom. The van der Waals surface area contributed by atoms with Crippen LogP contribution in [0.15, 0.2) is 28.7 Å². The van der Waals surface area contributed by atoms with Crippen LogP contribution in [-0.4, -0.2) is 25.4 Å². The van der Waals surface area contributed by atoms with Crippen molar-refractivity contribution in [2.75, 3.05) is 0 Å². The number of benzene rings is 1. The van der Waals surface area contributed by atoms with Gasteiger partial charge in [-0.2, -0.15) is 13.2 Å². The minimum absolute atomic E-state index is 0.298. The van der Waals surface area contributed by atoms with Crippen molar-refractivity contribution in [1.29, 1.82) is 0 Å². The lowest BCUT2D eigenvalue weighted by Crippen LogP contribution is -2.40. The van der Waals surface area contributed by atoms with E-state index in [2.05, 4.69) is 4.40 Å². The smallest absolute Gasteiger partial charge is 0.300 e. The van der Waals surface area contributed by atoms with E-state index in [0.717, 1.165) is 13.8 Å². The van der Waals surface area contributed by atoms with E-state index in [-0.39, 0.29) is 5.56 Å². The molecule has 1 atom stereocenters. The van der Waals surface area contributed by atoms with Gasteiger partial charge in [-0.25, -0.2) is 4.21 Å². The van der Waals surface area contributed by atoms with E-state index in [9.17, 15) is 18.1 Å². The molecule has 0 aliphatic rings. The van der Waals surface area contributed by atoms with E-state index in [0.29, 0.717) is 11.3 Å². The van der Waals surface area contributed by atoms with Crippen molar-refractivity contribution in [3.63, 3.8) is 0 Å². The first-order chi connectivity index (χ1) is 9.76. The topological polar surface area (TPSA) is 49.7 Å². The highest BCUT2D eigenvalue weighted by atomic mass is 32.2. The zero-order chi connectivity index (χ0) is 17.3. The summed E-state index contributed by atoms with van der Waals surface area (Å²) in [4.78, 5) is 0. The number of aliphatic hydroxyl groups is 1. The fourth-order valence-corrected chi connectivity index (χ4v) is 2.23. The summed E-state index contributed by atoms with van der Waals surface area (Å²) in [6, 6.07) is 5.64. The molecule has 1 aromatic rings. The summed E-state index contributed by atoms with van der Waals surface area (Å²) in [6.07, 6.45) is 0. The highest BCUT2D eigenvalue weighted by Gasteiger charge is 2.47. The molecule has 0 unspecified atom stereocenters. The van der Waals surface area contributed by atoms with Crippen molar-refractivity contribution in [3.8, 4) is 0 Å². The van der Waals surface area contributed by atoms with E-state index in [1.165, 1.54) is 18.2 Å². The van der Waals surface area contributed by atoms with Gasteiger partial charge in [-0.05, 0) is 53.2 Å². The Morgan fingerprint density at radius 2 is 1.73 bits per heavy atom. The SMILES string of the molecule is C/C(=N/[S@@](=O)C(C)(C)C)c1cccc(C(F)(F)C(C)(C)O)c1. The Bertz CT molecular complexity index is 599. The summed E-state index contributed by atoms with van der Waals surface area (Å²) in [5.74, 6) is -3.40. The summed E-state index contributed by atoms with van der Waals surface area (Å²) in [6.45, 7) is 9.13. The number of nitrogens with zero attached hydrogens (tertiary/aromatic N) is 1. The van der Waals surface area contributed by atoms with E-state index in [1.807, 2.05) is 0 Å². The Labute approximate surface area is 133 Å². The lowest BCUT2D eigenvalue weighted by atomic mass is 9.92. The van der Waals surface area contributed by atoms with Gasteiger partial charge in [0, 0.05) is 5.56 Å². The van der Waals surface area contributed by atoms with Gasteiger partial charge in [0.25, 0.3) is 0 Å². The van der Waals surface area contributed by atoms with E-state index in [1.54, 1.807) is 33.8 Å². The van der Waals surface area contributed by atoms with Crippen molar-refractivity contribution in [2.24, 2.45) is 4.40 Å². The highest BCUT2D eigenvalue weighted by Crippen LogP contribution is 2.38. The van der Waals surface area contributed by atoms with E-state index in [4.69, 9.17) is 0 Å². The second-order valence-electron chi connectivity index (χ2n) is 6.75. The Kier molecular flexibility index (Phi) is 5.30. The van der Waals surface area contributed by atoms with Gasteiger partial charge in [-0.1, -0.05) is 18.2 Å². The van der Waals surface area contributed by atoms with Crippen LogP contribution in [0.25, 0.3) is 0 Å². The molecule has 0 amide bonds. The van der Waals surface area contributed by atoms with Crippen molar-refractivity contribution < 1.29 is 18.1 Å². The molecule has 0 aliphatic heterocycles. The van der Waals surface area contributed by atoms with Crippen LogP contribution >= 0.6 is 0 Å². The number of rotatable bonds is 4. The monoisotopic (exact) mass is 331 g/mol. The van der Waals surface area contributed by atoms with Crippen molar-refractivity contribution in [3.05, 3.63) is 35.4 Å². The van der Waals surface area contributed by atoms with Crippen LogP contribution in [0.3, 0.4) is 0 Å². The van der Waals surface area contributed by atoms with Gasteiger partial charge in [0.15, 0.2) is 0 Å². The van der Waals surface area contributed by atoms with E-state index < -0.39 is 27.3 Å². The Balaban J connectivity index is 3.23. The molecule has 0 heterocycles. The standard InChI is InChI=1S/C16H23F2NO2S/c1-11(19-22(21)14(2,3)4)12-8-7-9-13(10-12)16(17,18)15(5,6)20/h7-10,20H,1-6H3/b19-11-/t22-/m0/s1. The van der Waals surface area contributed by atoms with Crippen LogP contribution < -0.4 is 0 Å². The first-order valence-electron chi connectivity index (χ1n) is 6.95. The fourth-order valence-electron chi connectivity index (χ4n) is 1.61. The van der Waals surface area contributed by atoms with Crippen LogP contribution in [0.4, 0.5) is 8.78 Å². The van der Waals surface area contributed by atoms with Crippen molar-refractivity contribution in [1.82, 2.24) is 0 Å². The van der Waals surface area contributed by atoms with Crippen LogP contribution in [-0.2, 0) is 16.9 Å². The van der Waals surface area contributed by atoms with Gasteiger partial charge >= 0.3 is 5.92 Å². The maximum absolute atomic E-state index is 14.2. The number of alkyl halides is 2. The molecule has 0 saturated carbocycles. The number of hydrogen-bond acceptors (Lipinski definition) is 2. The predicted molar refractivity (Wildman–Crippen MR) is 86.7 cm³/mol. The van der Waals surface area contributed by atoms with Gasteiger partial charge in [0.2, 0.25) is 0 Å². The van der Waals surface area contributed by atoms with Crippen molar-refractivity contribution in [2.45, 2.75) is 57.8 Å². The molecular weight excluding hydrogens is 308 g/mol. The van der Waals surface area contributed by atoms with Gasteiger partial charge in [0.1, 0.15) is 16.6 Å². The molecule has 124 valence electrons. The molecule has 1 rings (SSSR count). The summed E-state index contributed by atoms with van der Waals surface area (Å²) >= 11 is 0. The third-order valence-corrected chi connectivity index (χ3v) is 4.64. The minimum Gasteiger partial charge on any atom is -0.384 e. The van der Waals surface area contributed by atoms with Gasteiger partial charge < -0.3 is 5.11 Å². The summed E-state index contributed by atoms with van der Waals surface area (Å²) in [7, 11) is -1.46. The molecule has 0 aromatic heterocycles. The quantitative estimate of drug-likeness (QED) is 0.853. The summed E-state index contributed by atoms with van der Waals surface area (Å²) in [5, 5.41) is 9.65. The molecule has 3 nitrogen and oxygen atoms in total. The van der Waals surface area contributed by atoms with Crippen molar-refractivity contribution >= 4 is 16.7 Å². The maximum Gasteiger partial charge on any atom is 0.300 e. The molecule has 1 N–H and O–H groups in total. The van der Waals surface area contributed by atoms with Crippen LogP contribution in [0.5, 0.6) is 0 Å². The lowest BCUT2D eigenvalue weighted by molar-refractivity contribution is -0.168. The molecule has 22 heavy (non-hydrogen) atoms. The van der Waals surface area contributed by atoms with Gasteiger partial charge in [-0.15, -0.1) is 0 Å². The molecule has 0 fully saturated rings. The third kappa shape index (κ3) is 4.20. The largest absolute Gasteiger partial charge is 0.384 e. The molecule has 0 bridgehead atoms. The molecule has 0 spiro atoms. The van der Waals surface area contributed by atoms with Crippen LogP contribution in [0.2, 0.25) is 0 Å². The van der Waals surface area contributed by atoms with Gasteiger partial charge in [-0.3, -0.25) is 0 Å². The number of hydrogen-bond donors (Lipinski definition) is 1. The van der Waals surface area contributed by atoms with Gasteiger partial charge in [0.05, 0.1) is 10.5 Å². The highest BCUT2D eigenvalue weighted by molar-refractivity contribution is 7.85. The fraction of sp³-hybridized carbons (Fsp3) is 0.562. The third-order valence-electron chi connectivity index (χ3n) is 3.15. The Morgan fingerprint density at radius 1 is 1.18 bits per heavy atom. The second-order valence-corrected chi connectivity index (χ2v) is 8.66. The summed E-state index contributed by atoms with van der Waals surface area (Å²) in [5.41, 5.74) is -1.60. The van der Waals surface area contributed by atoms with Crippen LogP contribution in [0, 0.1) is 0 Å². The predicted octanol–water partition coefficient (Wildman–Crippen LogP) is 3.82. The molecular formula is C16H23F2NO2S. The normalized spacial score (nSPS) is 15.8. The maximum atomic E-state index is 14.2. The second kappa shape index (κ2) is 6.16. The average Bonchev–Trinajstić information content (AvgIpc) is 2.36. The molecule has 0 saturated heterocycles. The summed E-state index contributed by atoms with van der Waals surface area (Å²) < 4.78 is 44.0. The molecule has 6 heteroatoms. The zero-order valence-corrected chi connectivity index (χ0v) is 14.6. The molecule has 0 radical (unpaired) electrons.